The first kappa shape index (κ1) is 14.3. The highest BCUT2D eigenvalue weighted by Crippen LogP contribution is 2.43. The topological polar surface area (TPSA) is 71.5 Å². The molecule has 1 aliphatic rings. The standard InChI is InChI=1S/C15H13IN2O3/c1-2-21-13-10(4-3-7-17-13)15(20)11-8-9(16)5-6-12(11)18-14(15)19/h3-8,20H,2H2,1H3,(H,18,19). The number of benzene rings is 1. The molecule has 0 spiro atoms. The number of aliphatic hydroxyl groups is 1. The van der Waals surface area contributed by atoms with Crippen LogP contribution >= 0.6 is 22.6 Å². The number of hydrogen-bond acceptors (Lipinski definition) is 4. The Morgan fingerprint density at radius 2 is 2.19 bits per heavy atom. The van der Waals surface area contributed by atoms with Gasteiger partial charge in [-0.1, -0.05) is 0 Å². The predicted molar refractivity (Wildman–Crippen MR) is 86.2 cm³/mol. The quantitative estimate of drug-likeness (QED) is 0.782. The highest BCUT2D eigenvalue weighted by atomic mass is 127. The second-order valence-electron chi connectivity index (χ2n) is 4.64. The Hall–Kier alpha value is -1.67. The van der Waals surface area contributed by atoms with Gasteiger partial charge in [-0.25, -0.2) is 4.98 Å². The summed E-state index contributed by atoms with van der Waals surface area (Å²) in [6, 6.07) is 8.78. The van der Waals surface area contributed by atoms with Crippen LogP contribution in [0.3, 0.4) is 0 Å². The van der Waals surface area contributed by atoms with E-state index in [0.29, 0.717) is 23.4 Å². The van der Waals surface area contributed by atoms with Crippen molar-refractivity contribution < 1.29 is 14.6 Å². The van der Waals surface area contributed by atoms with E-state index >= 15 is 0 Å². The van der Waals surface area contributed by atoms with Crippen molar-refractivity contribution in [2.75, 3.05) is 11.9 Å². The van der Waals surface area contributed by atoms with E-state index < -0.39 is 11.5 Å². The van der Waals surface area contributed by atoms with Crippen molar-refractivity contribution in [3.05, 3.63) is 51.2 Å². The van der Waals surface area contributed by atoms with Gasteiger partial charge in [0, 0.05) is 21.0 Å². The van der Waals surface area contributed by atoms with Crippen LogP contribution in [0.15, 0.2) is 36.5 Å². The second-order valence-corrected chi connectivity index (χ2v) is 5.89. The molecular formula is C15H13IN2O3. The van der Waals surface area contributed by atoms with Crippen LogP contribution in [0.25, 0.3) is 0 Å². The molecule has 2 heterocycles. The van der Waals surface area contributed by atoms with Crippen LogP contribution in [0, 0.1) is 3.57 Å². The van der Waals surface area contributed by atoms with Crippen molar-refractivity contribution in [1.82, 2.24) is 4.98 Å². The molecule has 108 valence electrons. The Balaban J connectivity index is 2.22. The Morgan fingerprint density at radius 3 is 2.95 bits per heavy atom. The lowest BCUT2D eigenvalue weighted by molar-refractivity contribution is -0.129. The van der Waals surface area contributed by atoms with Crippen molar-refractivity contribution in [1.29, 1.82) is 0 Å². The number of aromatic nitrogens is 1. The Bertz CT molecular complexity index is 720. The van der Waals surface area contributed by atoms with Gasteiger partial charge in [-0.05, 0) is 59.8 Å². The van der Waals surface area contributed by atoms with Crippen molar-refractivity contribution in [3.8, 4) is 5.88 Å². The molecule has 1 unspecified atom stereocenters. The van der Waals surface area contributed by atoms with Gasteiger partial charge in [0.05, 0.1) is 12.2 Å². The lowest BCUT2D eigenvalue weighted by Gasteiger charge is -2.23. The lowest BCUT2D eigenvalue weighted by Crippen LogP contribution is -2.36. The van der Waals surface area contributed by atoms with E-state index in [9.17, 15) is 9.90 Å². The van der Waals surface area contributed by atoms with Gasteiger partial charge in [-0.15, -0.1) is 0 Å². The van der Waals surface area contributed by atoms with E-state index in [-0.39, 0.29) is 5.88 Å². The maximum absolute atomic E-state index is 12.4. The zero-order valence-electron chi connectivity index (χ0n) is 11.3. The summed E-state index contributed by atoms with van der Waals surface area (Å²) in [5.74, 6) is -0.224. The minimum Gasteiger partial charge on any atom is -0.478 e. The summed E-state index contributed by atoms with van der Waals surface area (Å²) in [6.45, 7) is 2.23. The lowest BCUT2D eigenvalue weighted by atomic mass is 9.88. The molecule has 2 N–H and O–H groups in total. The van der Waals surface area contributed by atoms with Gasteiger partial charge in [-0.2, -0.15) is 0 Å². The summed E-state index contributed by atoms with van der Waals surface area (Å²) in [5, 5.41) is 13.8. The molecule has 1 aliphatic heterocycles. The number of pyridine rings is 1. The van der Waals surface area contributed by atoms with Gasteiger partial charge < -0.3 is 15.2 Å². The fourth-order valence-corrected chi connectivity index (χ4v) is 2.94. The number of anilines is 1. The highest BCUT2D eigenvalue weighted by Gasteiger charge is 2.49. The molecule has 0 aliphatic carbocycles. The van der Waals surface area contributed by atoms with Gasteiger partial charge in [0.15, 0.2) is 0 Å². The molecule has 1 aromatic heterocycles. The molecule has 2 aromatic rings. The Kier molecular flexibility index (Phi) is 3.58. The average molecular weight is 396 g/mol. The van der Waals surface area contributed by atoms with Gasteiger partial charge >= 0.3 is 0 Å². The smallest absolute Gasteiger partial charge is 0.266 e. The molecular weight excluding hydrogens is 383 g/mol. The monoisotopic (exact) mass is 396 g/mol. The number of carbonyl (C=O) groups excluding carboxylic acids is 1. The first-order valence-corrected chi connectivity index (χ1v) is 7.57. The first-order chi connectivity index (χ1) is 10.1. The number of amides is 1. The van der Waals surface area contributed by atoms with Crippen LogP contribution < -0.4 is 10.1 Å². The molecule has 0 saturated heterocycles. The van der Waals surface area contributed by atoms with Crippen LogP contribution in [-0.4, -0.2) is 22.6 Å². The highest BCUT2D eigenvalue weighted by molar-refractivity contribution is 14.1. The number of halogens is 1. The summed E-state index contributed by atoms with van der Waals surface area (Å²) >= 11 is 2.14. The summed E-state index contributed by atoms with van der Waals surface area (Å²) < 4.78 is 6.39. The number of nitrogens with zero attached hydrogens (tertiary/aromatic N) is 1. The van der Waals surface area contributed by atoms with Crippen LogP contribution in [0.5, 0.6) is 5.88 Å². The van der Waals surface area contributed by atoms with Crippen LogP contribution in [0.1, 0.15) is 18.1 Å². The van der Waals surface area contributed by atoms with Gasteiger partial charge in [0.25, 0.3) is 5.91 Å². The molecule has 1 atom stereocenters. The third-order valence-corrected chi connectivity index (χ3v) is 4.06. The first-order valence-electron chi connectivity index (χ1n) is 6.49. The summed E-state index contributed by atoms with van der Waals surface area (Å²) in [7, 11) is 0. The van der Waals surface area contributed by atoms with Crippen molar-refractivity contribution in [2.45, 2.75) is 12.5 Å². The Morgan fingerprint density at radius 1 is 1.38 bits per heavy atom. The van der Waals surface area contributed by atoms with Gasteiger partial charge in [0.2, 0.25) is 11.5 Å². The molecule has 1 aromatic carbocycles. The fourth-order valence-electron chi connectivity index (χ4n) is 2.45. The largest absolute Gasteiger partial charge is 0.478 e. The van der Waals surface area contributed by atoms with E-state index in [0.717, 1.165) is 3.57 Å². The van der Waals surface area contributed by atoms with Crippen LogP contribution in [0.4, 0.5) is 5.69 Å². The fraction of sp³-hybridized carbons (Fsp3) is 0.200. The van der Waals surface area contributed by atoms with E-state index in [1.165, 1.54) is 0 Å². The third-order valence-electron chi connectivity index (χ3n) is 3.39. The maximum Gasteiger partial charge on any atom is 0.266 e. The van der Waals surface area contributed by atoms with Crippen LogP contribution in [-0.2, 0) is 10.4 Å². The number of fused-ring (bicyclic) bond motifs is 1. The van der Waals surface area contributed by atoms with Crippen molar-refractivity contribution >= 4 is 34.2 Å². The number of ether oxygens (including phenoxy) is 1. The van der Waals surface area contributed by atoms with Crippen LogP contribution in [0.2, 0.25) is 0 Å². The minimum atomic E-state index is -1.78. The summed E-state index contributed by atoms with van der Waals surface area (Å²) in [5.41, 5.74) is -0.303. The number of carbonyl (C=O) groups is 1. The molecule has 0 bridgehead atoms. The normalized spacial score (nSPS) is 20.0. The number of rotatable bonds is 3. The van der Waals surface area contributed by atoms with Gasteiger partial charge in [-0.3, -0.25) is 4.79 Å². The average Bonchev–Trinajstić information content (AvgIpc) is 2.73. The van der Waals surface area contributed by atoms with Crippen molar-refractivity contribution in [3.63, 3.8) is 0 Å². The van der Waals surface area contributed by atoms with E-state index in [2.05, 4.69) is 32.9 Å². The molecule has 0 fully saturated rings. The van der Waals surface area contributed by atoms with Gasteiger partial charge in [0.1, 0.15) is 0 Å². The third kappa shape index (κ3) is 2.18. The Labute approximate surface area is 135 Å². The molecule has 3 rings (SSSR count). The molecule has 21 heavy (non-hydrogen) atoms. The molecule has 6 heteroatoms. The maximum atomic E-state index is 12.4. The SMILES string of the molecule is CCOc1ncccc1C1(O)C(=O)Nc2ccc(I)cc21. The minimum absolute atomic E-state index is 0.268. The van der Waals surface area contributed by atoms with E-state index in [1.807, 2.05) is 13.0 Å². The zero-order chi connectivity index (χ0) is 15.0. The van der Waals surface area contributed by atoms with E-state index in [1.54, 1.807) is 30.5 Å². The summed E-state index contributed by atoms with van der Waals surface area (Å²) in [4.78, 5) is 16.5. The summed E-state index contributed by atoms with van der Waals surface area (Å²) in [6.07, 6.45) is 1.57. The number of hydrogen-bond donors (Lipinski definition) is 2. The zero-order valence-corrected chi connectivity index (χ0v) is 13.4. The molecule has 0 saturated carbocycles. The van der Waals surface area contributed by atoms with E-state index in [4.69, 9.17) is 4.74 Å². The molecule has 5 nitrogen and oxygen atoms in total. The molecule has 0 radical (unpaired) electrons. The second kappa shape index (κ2) is 5.27. The molecule has 1 amide bonds. The predicted octanol–water partition coefficient (Wildman–Crippen LogP) is 2.27. The number of nitrogens with one attached hydrogen (secondary N) is 1. The van der Waals surface area contributed by atoms with Crippen molar-refractivity contribution in [2.24, 2.45) is 0 Å².